The lowest BCUT2D eigenvalue weighted by atomic mass is 10.1. The molecule has 27 heavy (non-hydrogen) atoms. The first-order valence-corrected chi connectivity index (χ1v) is 9.16. The summed E-state index contributed by atoms with van der Waals surface area (Å²) in [6.45, 7) is 5.76. The fourth-order valence-corrected chi connectivity index (χ4v) is 3.83. The third kappa shape index (κ3) is 2.62. The maximum absolute atomic E-state index is 12.9. The highest BCUT2D eigenvalue weighted by Crippen LogP contribution is 2.22. The van der Waals surface area contributed by atoms with E-state index in [0.717, 1.165) is 53.2 Å². The van der Waals surface area contributed by atoms with Crippen LogP contribution in [0.1, 0.15) is 23.7 Å². The third-order valence-corrected chi connectivity index (χ3v) is 5.24. The van der Waals surface area contributed by atoms with Gasteiger partial charge in [-0.3, -0.25) is 9.78 Å². The molecule has 1 fully saturated rings. The van der Waals surface area contributed by atoms with E-state index >= 15 is 0 Å². The van der Waals surface area contributed by atoms with E-state index in [4.69, 9.17) is 0 Å². The number of imidazole rings is 1. The van der Waals surface area contributed by atoms with Crippen LogP contribution in [0, 0.1) is 13.8 Å². The summed E-state index contributed by atoms with van der Waals surface area (Å²) in [6.07, 6.45) is 6.45. The van der Waals surface area contributed by atoms with Crippen LogP contribution >= 0.6 is 0 Å². The van der Waals surface area contributed by atoms with Crippen molar-refractivity contribution < 1.29 is 0 Å². The van der Waals surface area contributed by atoms with E-state index in [2.05, 4.69) is 20.4 Å². The van der Waals surface area contributed by atoms with E-state index in [0.29, 0.717) is 5.39 Å². The molecule has 4 aromatic rings. The molecule has 1 atom stereocenters. The van der Waals surface area contributed by atoms with Crippen molar-refractivity contribution in [2.75, 3.05) is 13.1 Å². The minimum atomic E-state index is 0.0186. The lowest BCUT2D eigenvalue weighted by Crippen LogP contribution is -2.25. The monoisotopic (exact) mass is 360 g/mol. The minimum Gasteiger partial charge on any atom is -0.315 e. The van der Waals surface area contributed by atoms with Gasteiger partial charge in [0.25, 0.3) is 5.56 Å². The zero-order chi connectivity index (χ0) is 18.5. The highest BCUT2D eigenvalue weighted by molar-refractivity contribution is 5.84. The largest absolute Gasteiger partial charge is 0.315 e. The van der Waals surface area contributed by atoms with Crippen LogP contribution < -0.4 is 10.9 Å². The molecule has 136 valence electrons. The van der Waals surface area contributed by atoms with Gasteiger partial charge in [0.15, 0.2) is 5.65 Å². The second-order valence-corrected chi connectivity index (χ2v) is 7.19. The molecular weight excluding hydrogens is 340 g/mol. The van der Waals surface area contributed by atoms with Gasteiger partial charge in [-0.2, -0.15) is 5.10 Å². The zero-order valence-corrected chi connectivity index (χ0v) is 15.3. The molecule has 1 N–H and O–H groups in total. The van der Waals surface area contributed by atoms with Gasteiger partial charge < -0.3 is 9.88 Å². The molecule has 0 bridgehead atoms. The topological polar surface area (TPSA) is 77.1 Å². The standard InChI is InChI=1S/C20H20N6O/c1-12-7-18(24-26-11-13(2)23-19(12)26)17-8-14-4-6-25(15-3-5-21-9-15)20(27)16(14)10-22-17/h4,6-8,10-11,15,21H,3,5,9H2,1-2H3. The number of nitrogens with zero attached hydrogens (tertiary/aromatic N) is 5. The maximum Gasteiger partial charge on any atom is 0.260 e. The molecule has 0 radical (unpaired) electrons. The molecule has 0 aromatic carbocycles. The van der Waals surface area contributed by atoms with Crippen LogP contribution in [0.4, 0.5) is 0 Å². The molecular formula is C20H20N6O. The molecule has 4 aromatic heterocycles. The third-order valence-electron chi connectivity index (χ3n) is 5.24. The van der Waals surface area contributed by atoms with Gasteiger partial charge in [-0.1, -0.05) is 0 Å². The Morgan fingerprint density at radius 1 is 1.22 bits per heavy atom. The van der Waals surface area contributed by atoms with Crippen molar-refractivity contribution in [1.29, 1.82) is 0 Å². The molecule has 7 nitrogen and oxygen atoms in total. The van der Waals surface area contributed by atoms with Gasteiger partial charge in [0.05, 0.1) is 29.0 Å². The maximum atomic E-state index is 12.9. The normalized spacial score (nSPS) is 17.2. The lowest BCUT2D eigenvalue weighted by Gasteiger charge is -2.13. The lowest BCUT2D eigenvalue weighted by molar-refractivity contribution is 0.532. The molecule has 1 unspecified atom stereocenters. The smallest absolute Gasteiger partial charge is 0.260 e. The van der Waals surface area contributed by atoms with Crippen LogP contribution in [0.5, 0.6) is 0 Å². The number of nitrogens with one attached hydrogen (secondary N) is 1. The first-order valence-electron chi connectivity index (χ1n) is 9.16. The highest BCUT2D eigenvalue weighted by Gasteiger charge is 2.18. The quantitative estimate of drug-likeness (QED) is 0.593. The summed E-state index contributed by atoms with van der Waals surface area (Å²) < 4.78 is 3.61. The Kier molecular flexibility index (Phi) is 3.58. The van der Waals surface area contributed by atoms with Crippen molar-refractivity contribution in [2.45, 2.75) is 26.3 Å². The van der Waals surface area contributed by atoms with Gasteiger partial charge in [-0.05, 0) is 56.0 Å². The molecule has 1 aliphatic heterocycles. The second kappa shape index (κ2) is 5.99. The number of hydrogen-bond donors (Lipinski definition) is 1. The molecule has 0 saturated carbocycles. The van der Waals surface area contributed by atoms with E-state index in [1.165, 1.54) is 0 Å². The Hall–Kier alpha value is -3.06. The predicted molar refractivity (Wildman–Crippen MR) is 104 cm³/mol. The van der Waals surface area contributed by atoms with Crippen LogP contribution in [0.2, 0.25) is 0 Å². The highest BCUT2D eigenvalue weighted by atomic mass is 16.1. The molecule has 7 heteroatoms. The number of hydrogen-bond acceptors (Lipinski definition) is 5. The predicted octanol–water partition coefficient (Wildman–Crippen LogP) is 2.26. The van der Waals surface area contributed by atoms with E-state index in [-0.39, 0.29) is 11.6 Å². The van der Waals surface area contributed by atoms with Crippen LogP contribution in [0.15, 0.2) is 41.6 Å². The summed E-state index contributed by atoms with van der Waals surface area (Å²) in [7, 11) is 0. The Morgan fingerprint density at radius 3 is 2.93 bits per heavy atom. The average molecular weight is 360 g/mol. The Bertz CT molecular complexity index is 1230. The fourth-order valence-electron chi connectivity index (χ4n) is 3.83. The molecule has 1 saturated heterocycles. The van der Waals surface area contributed by atoms with Crippen molar-refractivity contribution >= 4 is 16.4 Å². The average Bonchev–Trinajstić information content (AvgIpc) is 3.31. The molecule has 5 rings (SSSR count). The second-order valence-electron chi connectivity index (χ2n) is 7.19. The summed E-state index contributed by atoms with van der Waals surface area (Å²) in [4.78, 5) is 21.9. The van der Waals surface area contributed by atoms with Gasteiger partial charge in [0.1, 0.15) is 5.69 Å². The minimum absolute atomic E-state index is 0.0186. The van der Waals surface area contributed by atoms with Gasteiger partial charge >= 0.3 is 0 Å². The summed E-state index contributed by atoms with van der Waals surface area (Å²) in [5.74, 6) is 0. The number of aryl methyl sites for hydroxylation is 2. The number of rotatable bonds is 2. The van der Waals surface area contributed by atoms with E-state index < -0.39 is 0 Å². The molecule has 0 spiro atoms. The van der Waals surface area contributed by atoms with E-state index in [1.807, 2.05) is 49.0 Å². The molecule has 1 aliphatic rings. The Labute approximate surface area is 155 Å². The SMILES string of the molecule is Cc1cn2nc(-c3cc4ccn(C5CCNC5)c(=O)c4cn3)cc(C)c2n1. The first kappa shape index (κ1) is 16.1. The van der Waals surface area contributed by atoms with Gasteiger partial charge in [-0.15, -0.1) is 0 Å². The summed E-state index contributed by atoms with van der Waals surface area (Å²) >= 11 is 0. The number of aromatic nitrogens is 5. The van der Waals surface area contributed by atoms with Crippen LogP contribution in [0.3, 0.4) is 0 Å². The van der Waals surface area contributed by atoms with E-state index in [1.54, 1.807) is 10.7 Å². The zero-order valence-electron chi connectivity index (χ0n) is 15.3. The van der Waals surface area contributed by atoms with Crippen molar-refractivity contribution in [2.24, 2.45) is 0 Å². The van der Waals surface area contributed by atoms with Crippen LogP contribution in [-0.4, -0.2) is 37.2 Å². The van der Waals surface area contributed by atoms with Crippen molar-refractivity contribution in [1.82, 2.24) is 29.5 Å². The summed E-state index contributed by atoms with van der Waals surface area (Å²) in [6, 6.07) is 6.14. The Morgan fingerprint density at radius 2 is 2.11 bits per heavy atom. The van der Waals surface area contributed by atoms with Crippen molar-refractivity contribution in [3.05, 3.63) is 58.4 Å². The number of pyridine rings is 2. The van der Waals surface area contributed by atoms with E-state index in [9.17, 15) is 4.79 Å². The molecule has 0 amide bonds. The number of fused-ring (bicyclic) bond motifs is 2. The fraction of sp³-hybridized carbons (Fsp3) is 0.300. The summed E-state index contributed by atoms with van der Waals surface area (Å²) in [5.41, 5.74) is 4.35. The van der Waals surface area contributed by atoms with Crippen molar-refractivity contribution in [3.8, 4) is 11.4 Å². The van der Waals surface area contributed by atoms with Crippen LogP contribution in [0.25, 0.3) is 27.8 Å². The molecule has 0 aliphatic carbocycles. The molecule has 5 heterocycles. The van der Waals surface area contributed by atoms with Crippen molar-refractivity contribution in [3.63, 3.8) is 0 Å². The summed E-state index contributed by atoms with van der Waals surface area (Å²) in [5, 5.41) is 9.47. The van der Waals surface area contributed by atoms with Gasteiger partial charge in [0, 0.05) is 18.9 Å². The van der Waals surface area contributed by atoms with Gasteiger partial charge in [0.2, 0.25) is 0 Å². The first-order chi connectivity index (χ1) is 13.1. The Balaban J connectivity index is 1.62. The van der Waals surface area contributed by atoms with Crippen LogP contribution in [-0.2, 0) is 0 Å². The van der Waals surface area contributed by atoms with Gasteiger partial charge in [-0.25, -0.2) is 9.50 Å².